The highest BCUT2D eigenvalue weighted by molar-refractivity contribution is 7.88. The van der Waals surface area contributed by atoms with E-state index in [4.69, 9.17) is 0 Å². The highest BCUT2D eigenvalue weighted by Gasteiger charge is 2.51. The normalized spacial score (nSPS) is 30.6. The Bertz CT molecular complexity index is 642. The summed E-state index contributed by atoms with van der Waals surface area (Å²) in [6.45, 7) is 3.69. The molecule has 1 aromatic rings. The molecule has 7 heteroatoms. The van der Waals surface area contributed by atoms with Crippen molar-refractivity contribution in [1.29, 1.82) is 0 Å². The Morgan fingerprint density at radius 2 is 2.18 bits per heavy atom. The number of likely N-dealkylation sites (tertiary alicyclic amines) is 1. The van der Waals surface area contributed by atoms with Gasteiger partial charge in [-0.1, -0.05) is 0 Å². The van der Waals surface area contributed by atoms with Gasteiger partial charge in [-0.15, -0.1) is 0 Å². The molecule has 2 fully saturated rings. The zero-order valence-electron chi connectivity index (χ0n) is 13.3. The van der Waals surface area contributed by atoms with Crippen molar-refractivity contribution in [1.82, 2.24) is 13.8 Å². The lowest BCUT2D eigenvalue weighted by Gasteiger charge is -2.42. The minimum absolute atomic E-state index is 0.0711. The maximum Gasteiger partial charge on any atom is 0.211 e. The van der Waals surface area contributed by atoms with E-state index in [0.717, 1.165) is 26.1 Å². The first kappa shape index (κ1) is 16.0. The third kappa shape index (κ3) is 2.82. The number of hydrogen-bond donors (Lipinski definition) is 1. The van der Waals surface area contributed by atoms with Gasteiger partial charge >= 0.3 is 0 Å². The molecule has 0 aromatic carbocycles. The quantitative estimate of drug-likeness (QED) is 0.852. The predicted molar refractivity (Wildman–Crippen MR) is 84.7 cm³/mol. The van der Waals surface area contributed by atoms with Crippen molar-refractivity contribution >= 4 is 10.0 Å². The van der Waals surface area contributed by atoms with Gasteiger partial charge in [-0.3, -0.25) is 4.90 Å². The largest absolute Gasteiger partial charge is 0.396 e. The van der Waals surface area contributed by atoms with Crippen LogP contribution in [-0.4, -0.2) is 66.3 Å². The van der Waals surface area contributed by atoms with Gasteiger partial charge in [-0.05, 0) is 31.0 Å². The lowest BCUT2D eigenvalue weighted by atomic mass is 9.73. The molecule has 124 valence electrons. The van der Waals surface area contributed by atoms with Crippen LogP contribution >= 0.6 is 0 Å². The molecule has 22 heavy (non-hydrogen) atoms. The Morgan fingerprint density at radius 3 is 2.77 bits per heavy atom. The Labute approximate surface area is 132 Å². The van der Waals surface area contributed by atoms with Crippen molar-refractivity contribution in [3.8, 4) is 0 Å². The number of fused-ring (bicyclic) bond motifs is 1. The number of aliphatic hydroxyl groups is 1. The summed E-state index contributed by atoms with van der Waals surface area (Å²) in [7, 11) is -1.14. The van der Waals surface area contributed by atoms with Gasteiger partial charge in [0.2, 0.25) is 10.0 Å². The number of sulfonamides is 1. The van der Waals surface area contributed by atoms with Gasteiger partial charge in [0.1, 0.15) is 0 Å². The zero-order valence-corrected chi connectivity index (χ0v) is 14.1. The van der Waals surface area contributed by atoms with Crippen LogP contribution in [0.4, 0.5) is 0 Å². The number of aryl methyl sites for hydroxylation is 1. The minimum atomic E-state index is -3.18. The molecule has 1 N–H and O–H groups in total. The molecule has 2 aliphatic heterocycles. The molecule has 1 aromatic heterocycles. The molecule has 0 bridgehead atoms. The van der Waals surface area contributed by atoms with E-state index in [1.165, 1.54) is 11.9 Å². The van der Waals surface area contributed by atoms with Gasteiger partial charge < -0.3 is 9.67 Å². The van der Waals surface area contributed by atoms with Crippen molar-refractivity contribution in [2.75, 3.05) is 39.0 Å². The highest BCUT2D eigenvalue weighted by Crippen LogP contribution is 2.43. The van der Waals surface area contributed by atoms with Gasteiger partial charge in [0.15, 0.2) is 0 Å². The third-order valence-electron chi connectivity index (χ3n) is 5.41. The fourth-order valence-electron chi connectivity index (χ4n) is 3.85. The Balaban J connectivity index is 1.73. The molecule has 0 radical (unpaired) electrons. The minimum Gasteiger partial charge on any atom is -0.396 e. The lowest BCUT2D eigenvalue weighted by Crippen LogP contribution is -2.48. The first-order valence-electron chi connectivity index (χ1n) is 7.73. The van der Waals surface area contributed by atoms with Crippen molar-refractivity contribution in [3.63, 3.8) is 0 Å². The van der Waals surface area contributed by atoms with E-state index in [2.05, 4.69) is 15.5 Å². The van der Waals surface area contributed by atoms with Crippen LogP contribution < -0.4 is 0 Å². The number of aliphatic hydroxyl groups excluding tert-OH is 1. The van der Waals surface area contributed by atoms with Crippen LogP contribution in [0, 0.1) is 11.3 Å². The summed E-state index contributed by atoms with van der Waals surface area (Å²) in [5.41, 5.74) is 1.00. The summed E-state index contributed by atoms with van der Waals surface area (Å²) in [6.07, 6.45) is 4.15. The molecule has 3 heterocycles. The summed E-state index contributed by atoms with van der Waals surface area (Å²) in [6, 6.07) is 4.16. The lowest BCUT2D eigenvalue weighted by molar-refractivity contribution is 0.0163. The van der Waals surface area contributed by atoms with Crippen LogP contribution in [0.1, 0.15) is 12.1 Å². The van der Waals surface area contributed by atoms with E-state index in [1.54, 1.807) is 4.31 Å². The molecule has 2 saturated heterocycles. The molecule has 6 nitrogen and oxygen atoms in total. The first-order valence-corrected chi connectivity index (χ1v) is 9.57. The summed E-state index contributed by atoms with van der Waals surface area (Å²) in [5, 5.41) is 9.88. The Morgan fingerprint density at radius 1 is 1.41 bits per heavy atom. The van der Waals surface area contributed by atoms with E-state index in [-0.39, 0.29) is 17.9 Å². The maximum atomic E-state index is 11.8. The fourth-order valence-corrected chi connectivity index (χ4v) is 4.79. The molecule has 0 unspecified atom stereocenters. The smallest absolute Gasteiger partial charge is 0.211 e. The van der Waals surface area contributed by atoms with Crippen LogP contribution in [0.2, 0.25) is 0 Å². The van der Waals surface area contributed by atoms with Crippen LogP contribution in [0.5, 0.6) is 0 Å². The average molecular weight is 327 g/mol. The number of rotatable bonds is 4. The van der Waals surface area contributed by atoms with Crippen LogP contribution in [-0.2, 0) is 23.6 Å². The molecule has 3 rings (SSSR count). The van der Waals surface area contributed by atoms with Crippen molar-refractivity contribution in [2.24, 2.45) is 18.4 Å². The number of hydrogen-bond acceptors (Lipinski definition) is 4. The second kappa shape index (κ2) is 5.63. The van der Waals surface area contributed by atoms with E-state index < -0.39 is 10.0 Å². The number of piperidine rings is 1. The second-order valence-corrected chi connectivity index (χ2v) is 8.85. The van der Waals surface area contributed by atoms with Crippen molar-refractivity contribution in [3.05, 3.63) is 24.0 Å². The molecule has 0 spiro atoms. The van der Waals surface area contributed by atoms with E-state index >= 15 is 0 Å². The fraction of sp³-hybridized carbons (Fsp3) is 0.733. The predicted octanol–water partition coefficient (Wildman–Crippen LogP) is 0.101. The Hall–Kier alpha value is -0.890. The third-order valence-corrected chi connectivity index (χ3v) is 6.62. The van der Waals surface area contributed by atoms with Gasteiger partial charge in [0, 0.05) is 50.5 Å². The van der Waals surface area contributed by atoms with Gasteiger partial charge in [0.05, 0.1) is 12.9 Å². The van der Waals surface area contributed by atoms with Gasteiger partial charge in [0.25, 0.3) is 0 Å². The van der Waals surface area contributed by atoms with Crippen molar-refractivity contribution < 1.29 is 13.5 Å². The van der Waals surface area contributed by atoms with E-state index in [1.807, 2.05) is 19.3 Å². The van der Waals surface area contributed by atoms with Gasteiger partial charge in [-0.2, -0.15) is 0 Å². The molecule has 2 aliphatic rings. The maximum absolute atomic E-state index is 11.8. The molecule has 0 saturated carbocycles. The average Bonchev–Trinajstić information content (AvgIpc) is 3.03. The van der Waals surface area contributed by atoms with Crippen LogP contribution in [0.3, 0.4) is 0 Å². The first-order chi connectivity index (χ1) is 10.3. The topological polar surface area (TPSA) is 65.8 Å². The molecule has 0 aliphatic carbocycles. The van der Waals surface area contributed by atoms with Gasteiger partial charge in [-0.25, -0.2) is 12.7 Å². The summed E-state index contributed by atoms with van der Waals surface area (Å²) in [5.74, 6) is 0.209. The van der Waals surface area contributed by atoms with Crippen LogP contribution in [0.15, 0.2) is 18.3 Å². The molecular formula is C15H25N3O3S. The summed E-state index contributed by atoms with van der Waals surface area (Å²) in [4.78, 5) is 2.37. The molecular weight excluding hydrogens is 302 g/mol. The van der Waals surface area contributed by atoms with Crippen LogP contribution in [0.25, 0.3) is 0 Å². The summed E-state index contributed by atoms with van der Waals surface area (Å²) >= 11 is 0. The zero-order chi connectivity index (χ0) is 16.0. The number of nitrogens with zero attached hydrogens (tertiary/aromatic N) is 3. The monoisotopic (exact) mass is 327 g/mol. The van der Waals surface area contributed by atoms with E-state index in [9.17, 15) is 13.5 Å². The molecule has 0 amide bonds. The van der Waals surface area contributed by atoms with Crippen molar-refractivity contribution in [2.45, 2.75) is 13.0 Å². The summed E-state index contributed by atoms with van der Waals surface area (Å²) < 4.78 is 27.3. The standard InChI is InChI=1S/C15H25N3O3S/c1-16-6-3-4-14(16)10-17-7-5-15(12-19)11-18(22(2,20)21)9-13(15)8-17/h3-4,6,13,19H,5,7-12H2,1-2H3/t13-,15+/m1/s1. The number of aromatic nitrogens is 1. The molecule has 2 atom stereocenters. The highest BCUT2D eigenvalue weighted by atomic mass is 32.2. The Kier molecular flexibility index (Phi) is 4.09. The second-order valence-electron chi connectivity index (χ2n) is 6.87. The SMILES string of the molecule is Cn1cccc1CN1CC[C@@]2(CO)CN(S(C)(=O)=O)C[C@H]2C1. The van der Waals surface area contributed by atoms with E-state index in [0.29, 0.717) is 13.1 Å².